The van der Waals surface area contributed by atoms with Gasteiger partial charge in [-0.3, -0.25) is 0 Å². The molecule has 1 heterocycles. The summed E-state index contributed by atoms with van der Waals surface area (Å²) in [5.41, 5.74) is 0.928. The van der Waals surface area contributed by atoms with Crippen LogP contribution in [-0.2, 0) is 0 Å². The van der Waals surface area contributed by atoms with E-state index < -0.39 is 0 Å². The van der Waals surface area contributed by atoms with Gasteiger partial charge in [-0.25, -0.2) is 0 Å². The minimum absolute atomic E-state index is 0.0994. The first-order valence-electron chi connectivity index (χ1n) is 5.19. The van der Waals surface area contributed by atoms with Crippen molar-refractivity contribution in [1.82, 2.24) is 5.32 Å². The van der Waals surface area contributed by atoms with Crippen molar-refractivity contribution in [1.29, 1.82) is 0 Å². The zero-order valence-corrected chi connectivity index (χ0v) is 8.86. The van der Waals surface area contributed by atoms with Crippen LogP contribution in [-0.4, -0.2) is 6.54 Å². The monoisotopic (exact) mass is 201 g/mol. The lowest BCUT2D eigenvalue weighted by molar-refractivity contribution is 0.485. The van der Waals surface area contributed by atoms with E-state index in [4.69, 9.17) is 4.42 Å². The van der Waals surface area contributed by atoms with Gasteiger partial charge in [0, 0.05) is 5.39 Å². The van der Waals surface area contributed by atoms with Crippen LogP contribution in [0.5, 0.6) is 0 Å². The molecule has 0 spiro atoms. The molecule has 0 fully saturated rings. The maximum Gasteiger partial charge on any atom is 0.134 e. The largest absolute Gasteiger partial charge is 0.459 e. The predicted octanol–water partition coefficient (Wildman–Crippen LogP) is 3.27. The summed E-state index contributed by atoms with van der Waals surface area (Å²) in [6.07, 6.45) is 1.86. The molecular formula is C13H15NO. The number of fused-ring (bicyclic) bond motifs is 1. The first-order chi connectivity index (χ1) is 7.35. The summed E-state index contributed by atoms with van der Waals surface area (Å²) >= 11 is 0. The molecule has 0 saturated heterocycles. The zero-order valence-electron chi connectivity index (χ0n) is 8.86. The van der Waals surface area contributed by atoms with Crippen LogP contribution in [0.3, 0.4) is 0 Å². The van der Waals surface area contributed by atoms with Gasteiger partial charge in [0.15, 0.2) is 0 Å². The van der Waals surface area contributed by atoms with Crippen LogP contribution in [0.25, 0.3) is 11.0 Å². The highest BCUT2D eigenvalue weighted by atomic mass is 16.3. The van der Waals surface area contributed by atoms with Gasteiger partial charge >= 0.3 is 0 Å². The standard InChI is InChI=1S/C13H15NO/c1-3-11(14-4-2)13-9-10-7-5-6-8-12(10)15-13/h3,5-9,11,14H,1,4H2,2H3. The van der Waals surface area contributed by atoms with Gasteiger partial charge in [-0.15, -0.1) is 6.58 Å². The van der Waals surface area contributed by atoms with Gasteiger partial charge in [-0.05, 0) is 18.7 Å². The second-order valence-electron chi connectivity index (χ2n) is 3.46. The quantitative estimate of drug-likeness (QED) is 0.768. The number of rotatable bonds is 4. The van der Waals surface area contributed by atoms with Crippen LogP contribution >= 0.6 is 0 Å². The molecule has 0 aliphatic heterocycles. The van der Waals surface area contributed by atoms with E-state index in [1.165, 1.54) is 0 Å². The van der Waals surface area contributed by atoms with E-state index >= 15 is 0 Å². The third kappa shape index (κ3) is 1.95. The van der Waals surface area contributed by atoms with E-state index in [-0.39, 0.29) is 6.04 Å². The van der Waals surface area contributed by atoms with Gasteiger partial charge in [0.05, 0.1) is 6.04 Å². The Morgan fingerprint density at radius 1 is 1.47 bits per heavy atom. The predicted molar refractivity (Wildman–Crippen MR) is 62.8 cm³/mol. The van der Waals surface area contributed by atoms with Gasteiger partial charge in [0.1, 0.15) is 11.3 Å². The Hall–Kier alpha value is -1.54. The smallest absolute Gasteiger partial charge is 0.134 e. The summed E-state index contributed by atoms with van der Waals surface area (Å²) in [5, 5.41) is 4.43. The van der Waals surface area contributed by atoms with E-state index in [2.05, 4.69) is 31.0 Å². The van der Waals surface area contributed by atoms with Crippen molar-refractivity contribution >= 4 is 11.0 Å². The first-order valence-corrected chi connectivity index (χ1v) is 5.19. The summed E-state index contributed by atoms with van der Waals surface area (Å²) in [4.78, 5) is 0. The molecular weight excluding hydrogens is 186 g/mol. The minimum atomic E-state index is 0.0994. The first kappa shape index (κ1) is 9.99. The molecule has 1 atom stereocenters. The molecule has 1 N–H and O–H groups in total. The van der Waals surface area contributed by atoms with E-state index in [1.807, 2.05) is 24.3 Å². The summed E-state index contributed by atoms with van der Waals surface area (Å²) < 4.78 is 5.74. The second-order valence-corrected chi connectivity index (χ2v) is 3.46. The topological polar surface area (TPSA) is 25.2 Å². The number of nitrogens with one attached hydrogen (secondary N) is 1. The van der Waals surface area contributed by atoms with E-state index in [1.54, 1.807) is 0 Å². The van der Waals surface area contributed by atoms with Gasteiger partial charge in [0.25, 0.3) is 0 Å². The van der Waals surface area contributed by atoms with E-state index in [9.17, 15) is 0 Å². The molecule has 1 aromatic heterocycles. The number of benzene rings is 1. The fourth-order valence-electron chi connectivity index (χ4n) is 1.68. The molecule has 0 aliphatic rings. The maximum atomic E-state index is 5.74. The SMILES string of the molecule is C=CC(NCC)c1cc2ccccc2o1. The average Bonchev–Trinajstić information content (AvgIpc) is 2.69. The third-order valence-electron chi connectivity index (χ3n) is 2.41. The minimum Gasteiger partial charge on any atom is -0.459 e. The van der Waals surface area contributed by atoms with Crippen molar-refractivity contribution in [2.24, 2.45) is 0 Å². The van der Waals surface area contributed by atoms with Crippen molar-refractivity contribution in [3.8, 4) is 0 Å². The summed E-state index contributed by atoms with van der Waals surface area (Å²) in [5.74, 6) is 0.924. The molecule has 2 heteroatoms. The zero-order chi connectivity index (χ0) is 10.7. The fraction of sp³-hybridized carbons (Fsp3) is 0.231. The molecule has 0 amide bonds. The van der Waals surface area contributed by atoms with E-state index in [0.717, 1.165) is 23.3 Å². The Labute approximate surface area is 89.6 Å². The molecule has 1 aromatic carbocycles. The second kappa shape index (κ2) is 4.32. The normalized spacial score (nSPS) is 12.9. The van der Waals surface area contributed by atoms with Crippen molar-refractivity contribution in [2.45, 2.75) is 13.0 Å². The molecule has 0 aliphatic carbocycles. The third-order valence-corrected chi connectivity index (χ3v) is 2.41. The highest BCUT2D eigenvalue weighted by Gasteiger charge is 2.10. The van der Waals surface area contributed by atoms with Crippen molar-refractivity contribution < 1.29 is 4.42 Å². The number of likely N-dealkylation sites (N-methyl/N-ethyl adjacent to an activating group) is 1. The van der Waals surface area contributed by atoms with Crippen LogP contribution in [0.15, 0.2) is 47.4 Å². The number of hydrogen-bond donors (Lipinski definition) is 1. The number of para-hydroxylation sites is 1. The van der Waals surface area contributed by atoms with E-state index in [0.29, 0.717) is 0 Å². The highest BCUT2D eigenvalue weighted by molar-refractivity contribution is 5.77. The Bertz CT molecular complexity index is 425. The molecule has 15 heavy (non-hydrogen) atoms. The lowest BCUT2D eigenvalue weighted by Gasteiger charge is -2.09. The van der Waals surface area contributed by atoms with Crippen molar-refractivity contribution in [3.63, 3.8) is 0 Å². The average molecular weight is 201 g/mol. The van der Waals surface area contributed by atoms with Crippen LogP contribution in [0.2, 0.25) is 0 Å². The highest BCUT2D eigenvalue weighted by Crippen LogP contribution is 2.24. The Morgan fingerprint density at radius 2 is 2.27 bits per heavy atom. The molecule has 2 aromatic rings. The van der Waals surface area contributed by atoms with Gasteiger partial charge in [0.2, 0.25) is 0 Å². The molecule has 0 radical (unpaired) electrons. The molecule has 2 nitrogen and oxygen atoms in total. The van der Waals surface area contributed by atoms with Gasteiger partial charge in [-0.1, -0.05) is 31.2 Å². The molecule has 78 valence electrons. The molecule has 2 rings (SSSR count). The Morgan fingerprint density at radius 3 is 2.93 bits per heavy atom. The van der Waals surface area contributed by atoms with Crippen molar-refractivity contribution in [2.75, 3.05) is 6.54 Å². The summed E-state index contributed by atoms with van der Waals surface area (Å²) in [6.45, 7) is 6.77. The van der Waals surface area contributed by atoms with Gasteiger partial charge in [-0.2, -0.15) is 0 Å². The molecule has 0 bridgehead atoms. The van der Waals surface area contributed by atoms with Crippen LogP contribution in [0.4, 0.5) is 0 Å². The lowest BCUT2D eigenvalue weighted by atomic mass is 10.2. The fourth-order valence-corrected chi connectivity index (χ4v) is 1.68. The number of furan rings is 1. The molecule has 0 saturated carbocycles. The summed E-state index contributed by atoms with van der Waals surface area (Å²) in [6, 6.07) is 10.2. The maximum absolute atomic E-state index is 5.74. The number of hydrogen-bond acceptors (Lipinski definition) is 2. The van der Waals surface area contributed by atoms with Crippen LogP contribution in [0, 0.1) is 0 Å². The van der Waals surface area contributed by atoms with Crippen LogP contribution in [0.1, 0.15) is 18.7 Å². The molecule has 1 unspecified atom stereocenters. The van der Waals surface area contributed by atoms with Gasteiger partial charge < -0.3 is 9.73 Å². The van der Waals surface area contributed by atoms with Crippen molar-refractivity contribution in [3.05, 3.63) is 48.7 Å². The Balaban J connectivity index is 2.38. The lowest BCUT2D eigenvalue weighted by Crippen LogP contribution is -2.17. The summed E-state index contributed by atoms with van der Waals surface area (Å²) in [7, 11) is 0. The Kier molecular flexibility index (Phi) is 2.88. The van der Waals surface area contributed by atoms with Crippen LogP contribution < -0.4 is 5.32 Å².